The summed E-state index contributed by atoms with van der Waals surface area (Å²) in [5.41, 5.74) is 4.38. The molecule has 3 rings (SSSR count). The lowest BCUT2D eigenvalue weighted by molar-refractivity contribution is 0.0666. The highest BCUT2D eigenvalue weighted by molar-refractivity contribution is 6.35. The molecule has 0 saturated heterocycles. The maximum absolute atomic E-state index is 6.44. The van der Waals surface area contributed by atoms with Crippen molar-refractivity contribution in [2.75, 3.05) is 0 Å². The topological polar surface area (TPSA) is 22.1 Å². The van der Waals surface area contributed by atoms with Crippen molar-refractivity contribution in [1.82, 2.24) is 4.98 Å². The number of aromatic nitrogens is 1. The zero-order valence-corrected chi connectivity index (χ0v) is 17.3. The number of hydrogen-bond acceptors (Lipinski definition) is 2. The molecule has 2 nitrogen and oxygen atoms in total. The summed E-state index contributed by atoms with van der Waals surface area (Å²) < 4.78 is 6.28. The van der Waals surface area contributed by atoms with Gasteiger partial charge in [-0.1, -0.05) is 80.4 Å². The Kier molecular flexibility index (Phi) is 6.21. The molecule has 0 N–H and O–H groups in total. The lowest BCUT2D eigenvalue weighted by Crippen LogP contribution is -2.11. The molecule has 0 radical (unpaired) electrons. The van der Waals surface area contributed by atoms with Gasteiger partial charge < -0.3 is 4.74 Å². The van der Waals surface area contributed by atoms with Crippen molar-refractivity contribution in [3.05, 3.63) is 99.3 Å². The first-order chi connectivity index (χ1) is 12.8. The maximum Gasteiger partial charge on any atom is 0.111 e. The fourth-order valence-electron chi connectivity index (χ4n) is 2.89. The third-order valence-electron chi connectivity index (χ3n) is 4.47. The van der Waals surface area contributed by atoms with E-state index in [0.29, 0.717) is 16.7 Å². The van der Waals surface area contributed by atoms with Gasteiger partial charge in [-0.05, 0) is 34.7 Å². The lowest BCUT2D eigenvalue weighted by atomic mass is 9.87. The van der Waals surface area contributed by atoms with Gasteiger partial charge in [0.25, 0.3) is 0 Å². The Bertz CT molecular complexity index is 887. The molecule has 3 aromatic rings. The van der Waals surface area contributed by atoms with Gasteiger partial charge in [-0.2, -0.15) is 0 Å². The predicted molar refractivity (Wildman–Crippen MR) is 112 cm³/mol. The number of pyridine rings is 1. The fraction of sp³-hybridized carbons (Fsp3) is 0.261. The molecule has 0 aliphatic carbocycles. The van der Waals surface area contributed by atoms with Gasteiger partial charge in [-0.3, -0.25) is 4.98 Å². The van der Waals surface area contributed by atoms with Gasteiger partial charge in [0, 0.05) is 33.6 Å². The summed E-state index contributed by atoms with van der Waals surface area (Å²) in [5, 5.41) is 1.19. The number of halogens is 2. The predicted octanol–water partition coefficient (Wildman–Crippen LogP) is 6.99. The van der Waals surface area contributed by atoms with Crippen LogP contribution in [0.2, 0.25) is 10.0 Å². The Morgan fingerprint density at radius 2 is 1.74 bits per heavy atom. The average molecular weight is 400 g/mol. The molecule has 2 aromatic carbocycles. The highest BCUT2D eigenvalue weighted by atomic mass is 35.5. The van der Waals surface area contributed by atoms with E-state index in [4.69, 9.17) is 27.9 Å². The Hall–Kier alpha value is -1.87. The monoisotopic (exact) mass is 399 g/mol. The average Bonchev–Trinajstić information content (AvgIpc) is 2.64. The minimum Gasteiger partial charge on any atom is -0.364 e. The van der Waals surface area contributed by atoms with Gasteiger partial charge in [0.1, 0.15) is 6.10 Å². The fourth-order valence-corrected chi connectivity index (χ4v) is 3.40. The lowest BCUT2D eigenvalue weighted by Gasteiger charge is -2.21. The van der Waals surface area contributed by atoms with Gasteiger partial charge in [0.15, 0.2) is 0 Å². The van der Waals surface area contributed by atoms with Crippen LogP contribution in [0.4, 0.5) is 0 Å². The summed E-state index contributed by atoms with van der Waals surface area (Å²) >= 11 is 12.5. The van der Waals surface area contributed by atoms with Crippen LogP contribution >= 0.6 is 23.2 Å². The van der Waals surface area contributed by atoms with E-state index in [1.165, 1.54) is 5.56 Å². The Labute approximate surface area is 171 Å². The SMILES string of the molecule is CC(C)(C)c1ccc(COC(c2cccnc2)c2ccc(Cl)cc2Cl)cc1. The van der Waals surface area contributed by atoms with Crippen LogP contribution in [0.15, 0.2) is 67.0 Å². The molecule has 0 amide bonds. The van der Waals surface area contributed by atoms with Crippen molar-refractivity contribution in [3.8, 4) is 0 Å². The molecule has 0 spiro atoms. The van der Waals surface area contributed by atoms with Crippen LogP contribution in [-0.4, -0.2) is 4.98 Å². The van der Waals surface area contributed by atoms with E-state index >= 15 is 0 Å². The molecule has 0 bridgehead atoms. The second-order valence-electron chi connectivity index (χ2n) is 7.59. The Morgan fingerprint density at radius 1 is 1.00 bits per heavy atom. The molecule has 0 aliphatic rings. The van der Waals surface area contributed by atoms with Crippen molar-refractivity contribution in [1.29, 1.82) is 0 Å². The van der Waals surface area contributed by atoms with Crippen molar-refractivity contribution in [2.24, 2.45) is 0 Å². The first-order valence-corrected chi connectivity index (χ1v) is 9.66. The van der Waals surface area contributed by atoms with Crippen molar-refractivity contribution in [2.45, 2.75) is 38.9 Å². The van der Waals surface area contributed by atoms with Gasteiger partial charge in [0.05, 0.1) is 6.61 Å². The molecule has 1 aromatic heterocycles. The van der Waals surface area contributed by atoms with E-state index in [9.17, 15) is 0 Å². The summed E-state index contributed by atoms with van der Waals surface area (Å²) in [4.78, 5) is 4.22. The van der Waals surface area contributed by atoms with Gasteiger partial charge in [0.2, 0.25) is 0 Å². The number of nitrogens with zero attached hydrogens (tertiary/aromatic N) is 1. The maximum atomic E-state index is 6.44. The minimum atomic E-state index is -0.314. The van der Waals surface area contributed by atoms with Crippen LogP contribution in [0.1, 0.15) is 49.1 Å². The molecule has 27 heavy (non-hydrogen) atoms. The summed E-state index contributed by atoms with van der Waals surface area (Å²) in [6.45, 7) is 7.10. The van der Waals surface area contributed by atoms with Crippen LogP contribution in [0, 0.1) is 0 Å². The summed E-state index contributed by atoms with van der Waals surface area (Å²) in [6.07, 6.45) is 3.24. The molecule has 1 heterocycles. The van der Waals surface area contributed by atoms with E-state index in [0.717, 1.165) is 16.7 Å². The van der Waals surface area contributed by atoms with E-state index in [1.54, 1.807) is 18.5 Å². The first kappa shape index (κ1) is 19.9. The van der Waals surface area contributed by atoms with Gasteiger partial charge in [-0.25, -0.2) is 0 Å². The highest BCUT2D eigenvalue weighted by Gasteiger charge is 2.19. The summed E-state index contributed by atoms with van der Waals surface area (Å²) in [5.74, 6) is 0. The van der Waals surface area contributed by atoms with E-state index in [-0.39, 0.29) is 11.5 Å². The van der Waals surface area contributed by atoms with Crippen LogP contribution in [0.25, 0.3) is 0 Å². The van der Waals surface area contributed by atoms with Gasteiger partial charge in [-0.15, -0.1) is 0 Å². The minimum absolute atomic E-state index is 0.133. The van der Waals surface area contributed by atoms with Gasteiger partial charge >= 0.3 is 0 Å². The zero-order chi connectivity index (χ0) is 19.4. The van der Waals surface area contributed by atoms with Crippen molar-refractivity contribution >= 4 is 23.2 Å². The third-order valence-corrected chi connectivity index (χ3v) is 5.03. The Morgan fingerprint density at radius 3 is 2.33 bits per heavy atom. The molecule has 1 atom stereocenters. The molecular formula is C23H23Cl2NO. The summed E-state index contributed by atoms with van der Waals surface area (Å²) in [7, 11) is 0. The molecule has 0 saturated carbocycles. The molecule has 140 valence electrons. The standard InChI is InChI=1S/C23H23Cl2NO/c1-23(2,3)18-8-6-16(7-9-18)15-27-22(17-5-4-12-26-14-17)20-11-10-19(24)13-21(20)25/h4-14,22H,15H2,1-3H3. The normalized spacial score (nSPS) is 12.8. The second kappa shape index (κ2) is 8.43. The van der Waals surface area contributed by atoms with Crippen LogP contribution in [0.3, 0.4) is 0 Å². The van der Waals surface area contributed by atoms with E-state index in [2.05, 4.69) is 50.0 Å². The van der Waals surface area contributed by atoms with E-state index < -0.39 is 0 Å². The van der Waals surface area contributed by atoms with E-state index in [1.807, 2.05) is 24.3 Å². The molecule has 0 fully saturated rings. The van der Waals surface area contributed by atoms with Crippen LogP contribution in [0.5, 0.6) is 0 Å². The first-order valence-electron chi connectivity index (χ1n) is 8.90. The number of benzene rings is 2. The second-order valence-corrected chi connectivity index (χ2v) is 8.43. The highest BCUT2D eigenvalue weighted by Crippen LogP contribution is 2.33. The molecule has 1 unspecified atom stereocenters. The third kappa shape index (κ3) is 5.10. The molecule has 0 aliphatic heterocycles. The zero-order valence-electron chi connectivity index (χ0n) is 15.7. The van der Waals surface area contributed by atoms with Crippen LogP contribution in [-0.2, 0) is 16.8 Å². The van der Waals surface area contributed by atoms with Crippen molar-refractivity contribution in [3.63, 3.8) is 0 Å². The van der Waals surface area contributed by atoms with Crippen molar-refractivity contribution < 1.29 is 4.74 Å². The molecular weight excluding hydrogens is 377 g/mol. The number of rotatable bonds is 5. The smallest absolute Gasteiger partial charge is 0.111 e. The number of ether oxygens (including phenoxy) is 1. The largest absolute Gasteiger partial charge is 0.364 e. The quantitative estimate of drug-likeness (QED) is 0.460. The number of hydrogen-bond donors (Lipinski definition) is 0. The molecule has 4 heteroatoms. The Balaban J connectivity index is 1.84. The summed E-state index contributed by atoms with van der Waals surface area (Å²) in [6, 6.07) is 17.9. The van der Waals surface area contributed by atoms with Crippen LogP contribution < -0.4 is 0 Å².